The van der Waals surface area contributed by atoms with Crippen LogP contribution < -0.4 is 16.0 Å². The quantitative estimate of drug-likeness (QED) is 0.331. The molecule has 1 atom stereocenters. The summed E-state index contributed by atoms with van der Waals surface area (Å²) in [6.07, 6.45) is 1.85. The van der Waals surface area contributed by atoms with E-state index in [1.165, 1.54) is 0 Å². The Balaban J connectivity index is 1.35. The first kappa shape index (κ1) is 27.6. The van der Waals surface area contributed by atoms with Crippen LogP contribution in [0.5, 0.6) is 0 Å². The van der Waals surface area contributed by atoms with Gasteiger partial charge in [-0.05, 0) is 33.6 Å². The van der Waals surface area contributed by atoms with Gasteiger partial charge in [-0.25, -0.2) is 4.79 Å². The van der Waals surface area contributed by atoms with Gasteiger partial charge in [0.2, 0.25) is 11.9 Å². The van der Waals surface area contributed by atoms with E-state index in [-0.39, 0.29) is 6.10 Å². The summed E-state index contributed by atoms with van der Waals surface area (Å²) in [6.45, 7) is 9.55. The molecule has 0 bridgehead atoms. The largest absolute Gasteiger partial charge is 0.444 e. The number of hydrogen-bond acceptors (Lipinski definition) is 10. The fourth-order valence-electron chi connectivity index (χ4n) is 3.36. The van der Waals surface area contributed by atoms with Gasteiger partial charge < -0.3 is 34.9 Å². The maximum Gasteiger partial charge on any atom is 0.407 e. The number of amides is 1. The molecule has 11 heteroatoms. The second kappa shape index (κ2) is 14.5. The Kier molecular flexibility index (Phi) is 11.1. The number of carbonyl (C=O) groups is 1. The molecule has 3 rings (SSSR count). The van der Waals surface area contributed by atoms with Crippen molar-refractivity contribution in [1.82, 2.24) is 20.3 Å². The lowest BCUT2D eigenvalue weighted by molar-refractivity contribution is 0.0415. The predicted octanol–water partition coefficient (Wildman–Crippen LogP) is 3.10. The molecule has 1 fully saturated rings. The van der Waals surface area contributed by atoms with E-state index in [0.717, 1.165) is 25.0 Å². The lowest BCUT2D eigenvalue weighted by Gasteiger charge is -2.19. The molecule has 11 nitrogen and oxygen atoms in total. The highest BCUT2D eigenvalue weighted by Gasteiger charge is 2.17. The molecule has 1 aliphatic heterocycles. The van der Waals surface area contributed by atoms with Gasteiger partial charge in [0, 0.05) is 31.8 Å². The van der Waals surface area contributed by atoms with Crippen molar-refractivity contribution in [3.8, 4) is 11.4 Å². The zero-order valence-corrected chi connectivity index (χ0v) is 21.4. The van der Waals surface area contributed by atoms with Crippen LogP contribution in [0, 0.1) is 0 Å². The van der Waals surface area contributed by atoms with Gasteiger partial charge in [0.1, 0.15) is 5.60 Å². The summed E-state index contributed by atoms with van der Waals surface area (Å²) >= 11 is 0. The van der Waals surface area contributed by atoms with Crippen molar-refractivity contribution in [1.29, 1.82) is 0 Å². The van der Waals surface area contributed by atoms with Gasteiger partial charge in [-0.1, -0.05) is 30.3 Å². The maximum absolute atomic E-state index is 11.6. The number of rotatable bonds is 14. The molecule has 1 aromatic heterocycles. The third kappa shape index (κ3) is 10.7. The van der Waals surface area contributed by atoms with Crippen LogP contribution in [0.4, 0.5) is 16.7 Å². The zero-order valence-electron chi connectivity index (χ0n) is 21.4. The molecule has 1 unspecified atom stereocenters. The van der Waals surface area contributed by atoms with E-state index in [1.54, 1.807) is 0 Å². The number of nitrogens with zero attached hydrogens (tertiary/aromatic N) is 3. The Labute approximate surface area is 212 Å². The van der Waals surface area contributed by atoms with Crippen molar-refractivity contribution in [2.45, 2.75) is 45.3 Å². The number of alkyl carbamates (subject to hydrolysis) is 1. The van der Waals surface area contributed by atoms with Crippen molar-refractivity contribution in [3.63, 3.8) is 0 Å². The van der Waals surface area contributed by atoms with Crippen LogP contribution in [0.3, 0.4) is 0 Å². The molecule has 3 N–H and O–H groups in total. The molecule has 1 aromatic carbocycles. The molecular formula is C25H38N6O5. The van der Waals surface area contributed by atoms with Crippen molar-refractivity contribution < 1.29 is 23.7 Å². The van der Waals surface area contributed by atoms with Gasteiger partial charge in [0.05, 0.1) is 32.5 Å². The molecule has 0 spiro atoms. The summed E-state index contributed by atoms with van der Waals surface area (Å²) in [5.74, 6) is 1.58. The molecule has 1 saturated heterocycles. The van der Waals surface area contributed by atoms with Gasteiger partial charge in [-0.3, -0.25) is 0 Å². The van der Waals surface area contributed by atoms with E-state index in [4.69, 9.17) is 18.9 Å². The molecule has 0 radical (unpaired) electrons. The number of nitrogens with one attached hydrogen (secondary N) is 3. The standard InChI is InChI=1S/C25H38N6O5/c1-25(2,3)36-24(32)27-12-15-34-17-16-33-14-11-26-22-29-21(19-8-5-4-6-9-19)30-23(31-22)28-18-20-10-7-13-35-20/h4-6,8-9,20H,7,10-18H2,1-3H3,(H,27,32)(H2,26,28,29,30,31). The second-order valence-electron chi connectivity index (χ2n) is 9.27. The Morgan fingerprint density at radius 1 is 0.972 bits per heavy atom. The highest BCUT2D eigenvalue weighted by molar-refractivity contribution is 5.67. The SMILES string of the molecule is CC(C)(C)OC(=O)NCCOCCOCCNc1nc(NCC2CCCO2)nc(-c2ccccc2)n1. The molecule has 2 aromatic rings. The first-order chi connectivity index (χ1) is 17.4. The van der Waals surface area contributed by atoms with E-state index in [0.29, 0.717) is 63.8 Å². The summed E-state index contributed by atoms with van der Waals surface area (Å²) in [6, 6.07) is 9.80. The summed E-state index contributed by atoms with van der Waals surface area (Å²) < 4.78 is 21.9. The minimum atomic E-state index is -0.514. The third-order valence-corrected chi connectivity index (χ3v) is 5.00. The Morgan fingerprint density at radius 2 is 1.67 bits per heavy atom. The van der Waals surface area contributed by atoms with Crippen molar-refractivity contribution >= 4 is 18.0 Å². The number of aromatic nitrogens is 3. The number of carbonyl (C=O) groups excluding carboxylic acids is 1. The Hall–Kier alpha value is -3.02. The predicted molar refractivity (Wildman–Crippen MR) is 137 cm³/mol. The molecular weight excluding hydrogens is 464 g/mol. The van der Waals surface area contributed by atoms with E-state index in [2.05, 4.69) is 30.9 Å². The second-order valence-corrected chi connectivity index (χ2v) is 9.27. The first-order valence-electron chi connectivity index (χ1n) is 12.4. The molecule has 198 valence electrons. The fraction of sp³-hybridized carbons (Fsp3) is 0.600. The normalized spacial score (nSPS) is 15.5. The number of benzene rings is 1. The van der Waals surface area contributed by atoms with Gasteiger partial charge >= 0.3 is 6.09 Å². The van der Waals surface area contributed by atoms with Crippen molar-refractivity contribution in [2.75, 3.05) is 63.3 Å². The first-order valence-corrected chi connectivity index (χ1v) is 12.4. The molecule has 1 aliphatic rings. The highest BCUT2D eigenvalue weighted by atomic mass is 16.6. The van der Waals surface area contributed by atoms with E-state index < -0.39 is 11.7 Å². The average molecular weight is 503 g/mol. The van der Waals surface area contributed by atoms with Crippen LogP contribution in [0.25, 0.3) is 11.4 Å². The number of anilines is 2. The van der Waals surface area contributed by atoms with Crippen LogP contribution >= 0.6 is 0 Å². The lowest BCUT2D eigenvalue weighted by atomic mass is 10.2. The van der Waals surface area contributed by atoms with Gasteiger partial charge in [-0.2, -0.15) is 15.0 Å². The maximum atomic E-state index is 11.6. The topological polar surface area (TPSA) is 129 Å². The average Bonchev–Trinajstić information content (AvgIpc) is 3.37. The highest BCUT2D eigenvalue weighted by Crippen LogP contribution is 2.18. The fourth-order valence-corrected chi connectivity index (χ4v) is 3.36. The van der Waals surface area contributed by atoms with Crippen molar-refractivity contribution in [2.24, 2.45) is 0 Å². The summed E-state index contributed by atoms with van der Waals surface area (Å²) in [5.41, 5.74) is 0.400. The Bertz CT molecular complexity index is 919. The molecule has 1 amide bonds. The number of ether oxygens (including phenoxy) is 4. The molecule has 0 saturated carbocycles. The minimum Gasteiger partial charge on any atom is -0.444 e. The van der Waals surface area contributed by atoms with Crippen LogP contribution in [0.1, 0.15) is 33.6 Å². The van der Waals surface area contributed by atoms with E-state index in [1.807, 2.05) is 51.1 Å². The van der Waals surface area contributed by atoms with E-state index in [9.17, 15) is 4.79 Å². The van der Waals surface area contributed by atoms with Crippen LogP contribution in [0.2, 0.25) is 0 Å². The summed E-state index contributed by atoms with van der Waals surface area (Å²) in [5, 5.41) is 9.13. The van der Waals surface area contributed by atoms with Gasteiger partial charge in [0.15, 0.2) is 5.82 Å². The lowest BCUT2D eigenvalue weighted by Crippen LogP contribution is -2.34. The third-order valence-electron chi connectivity index (χ3n) is 5.00. The minimum absolute atomic E-state index is 0.182. The molecule has 2 heterocycles. The van der Waals surface area contributed by atoms with E-state index >= 15 is 0 Å². The zero-order chi connectivity index (χ0) is 25.6. The summed E-state index contributed by atoms with van der Waals surface area (Å²) in [7, 11) is 0. The van der Waals surface area contributed by atoms with Gasteiger partial charge in [0.25, 0.3) is 0 Å². The summed E-state index contributed by atoms with van der Waals surface area (Å²) in [4.78, 5) is 25.2. The van der Waals surface area contributed by atoms with Crippen LogP contribution in [-0.4, -0.2) is 85.4 Å². The smallest absolute Gasteiger partial charge is 0.407 e. The van der Waals surface area contributed by atoms with Crippen LogP contribution in [-0.2, 0) is 18.9 Å². The Morgan fingerprint density at radius 3 is 2.33 bits per heavy atom. The van der Waals surface area contributed by atoms with Gasteiger partial charge in [-0.15, -0.1) is 0 Å². The molecule has 0 aliphatic carbocycles. The van der Waals surface area contributed by atoms with Crippen LogP contribution in [0.15, 0.2) is 30.3 Å². The monoisotopic (exact) mass is 502 g/mol. The molecule has 36 heavy (non-hydrogen) atoms. The van der Waals surface area contributed by atoms with Crippen molar-refractivity contribution in [3.05, 3.63) is 30.3 Å². The number of hydrogen-bond donors (Lipinski definition) is 3.